The van der Waals surface area contributed by atoms with Gasteiger partial charge in [-0.3, -0.25) is 0 Å². The van der Waals surface area contributed by atoms with Crippen molar-refractivity contribution in [1.82, 2.24) is 20.3 Å². The number of nitrogens with zero attached hydrogens (tertiary/aromatic N) is 1. The Balaban J connectivity index is 1.94. The molecule has 0 fully saturated rings. The molecule has 0 radical (unpaired) electrons. The summed E-state index contributed by atoms with van der Waals surface area (Å²) in [6.45, 7) is 2.73. The lowest BCUT2D eigenvalue weighted by molar-refractivity contribution is 0.0594. The van der Waals surface area contributed by atoms with Crippen LogP contribution in [0.1, 0.15) is 41.4 Å². The summed E-state index contributed by atoms with van der Waals surface area (Å²) >= 11 is 0. The van der Waals surface area contributed by atoms with Crippen molar-refractivity contribution in [2.24, 2.45) is 0 Å². The van der Waals surface area contributed by atoms with Crippen LogP contribution in [0.4, 0.5) is 0 Å². The molecule has 0 aromatic carbocycles. The Bertz CT molecular complexity index is 518. The molecule has 0 saturated heterocycles. The van der Waals surface area contributed by atoms with E-state index >= 15 is 0 Å². The normalized spacial score (nSPS) is 12.3. The first kappa shape index (κ1) is 13.4. The molecule has 0 aliphatic rings. The molecule has 0 aliphatic heterocycles. The molecule has 1 atom stereocenters. The number of esters is 1. The minimum absolute atomic E-state index is 0.167. The molecule has 1 unspecified atom stereocenters. The lowest BCUT2D eigenvalue weighted by atomic mass is 10.2. The van der Waals surface area contributed by atoms with Crippen molar-refractivity contribution in [3.63, 3.8) is 0 Å². The lowest BCUT2D eigenvalue weighted by Crippen LogP contribution is -2.21. The Morgan fingerprint density at radius 1 is 1.53 bits per heavy atom. The third-order valence-corrected chi connectivity index (χ3v) is 2.95. The van der Waals surface area contributed by atoms with E-state index in [9.17, 15) is 4.79 Å². The fourth-order valence-corrected chi connectivity index (χ4v) is 1.91. The first-order chi connectivity index (χ1) is 9.24. The molecule has 0 amide bonds. The van der Waals surface area contributed by atoms with Gasteiger partial charge in [0.25, 0.3) is 0 Å². The number of rotatable bonds is 6. The van der Waals surface area contributed by atoms with Gasteiger partial charge in [0.2, 0.25) is 0 Å². The fourth-order valence-electron chi connectivity index (χ4n) is 1.91. The molecule has 2 aromatic heterocycles. The maximum absolute atomic E-state index is 11.3. The molecule has 0 bridgehead atoms. The van der Waals surface area contributed by atoms with E-state index in [0.29, 0.717) is 12.2 Å². The van der Waals surface area contributed by atoms with Gasteiger partial charge < -0.3 is 20.0 Å². The molecule has 3 N–H and O–H groups in total. The number of hydrogen-bond acceptors (Lipinski definition) is 4. The van der Waals surface area contributed by atoms with Gasteiger partial charge in [0.05, 0.1) is 13.2 Å². The number of carbonyl (C=O) groups is 1. The van der Waals surface area contributed by atoms with Crippen LogP contribution in [0.25, 0.3) is 0 Å². The molecule has 6 nitrogen and oxygen atoms in total. The third-order valence-electron chi connectivity index (χ3n) is 2.95. The largest absolute Gasteiger partial charge is 0.464 e. The zero-order valence-corrected chi connectivity index (χ0v) is 11.1. The summed E-state index contributed by atoms with van der Waals surface area (Å²) in [5.41, 5.74) is 1.40. The number of aromatic nitrogens is 3. The van der Waals surface area contributed by atoms with Crippen LogP contribution in [0.5, 0.6) is 0 Å². The molecule has 2 heterocycles. The Morgan fingerprint density at radius 3 is 3.00 bits per heavy atom. The number of methoxy groups -OCH3 is 1. The van der Waals surface area contributed by atoms with Crippen molar-refractivity contribution in [1.29, 1.82) is 0 Å². The SMILES string of the molecule is CCC(NCc1ccc(C(=O)OC)[nH]1)c1ncc[nH]1. The van der Waals surface area contributed by atoms with Crippen LogP contribution in [0, 0.1) is 0 Å². The Morgan fingerprint density at radius 2 is 2.37 bits per heavy atom. The predicted octanol–water partition coefficient (Wildman–Crippen LogP) is 1.77. The van der Waals surface area contributed by atoms with Gasteiger partial charge in [-0.05, 0) is 18.6 Å². The maximum Gasteiger partial charge on any atom is 0.354 e. The summed E-state index contributed by atoms with van der Waals surface area (Å²) < 4.78 is 4.65. The zero-order valence-electron chi connectivity index (χ0n) is 11.1. The maximum atomic E-state index is 11.3. The third kappa shape index (κ3) is 3.23. The highest BCUT2D eigenvalue weighted by atomic mass is 16.5. The molecule has 19 heavy (non-hydrogen) atoms. The number of H-pyrrole nitrogens is 2. The van der Waals surface area contributed by atoms with E-state index in [4.69, 9.17) is 0 Å². The predicted molar refractivity (Wildman–Crippen MR) is 70.6 cm³/mol. The summed E-state index contributed by atoms with van der Waals surface area (Å²) in [4.78, 5) is 21.7. The molecule has 0 aliphatic carbocycles. The minimum atomic E-state index is -0.357. The average molecular weight is 262 g/mol. The van der Waals surface area contributed by atoms with E-state index in [-0.39, 0.29) is 12.0 Å². The van der Waals surface area contributed by atoms with Gasteiger partial charge in [-0.15, -0.1) is 0 Å². The fraction of sp³-hybridized carbons (Fsp3) is 0.385. The molecule has 0 saturated carbocycles. The van der Waals surface area contributed by atoms with Crippen LogP contribution in [-0.4, -0.2) is 28.0 Å². The minimum Gasteiger partial charge on any atom is -0.464 e. The van der Waals surface area contributed by atoms with Crippen LogP contribution < -0.4 is 5.32 Å². The number of hydrogen-bond donors (Lipinski definition) is 3. The Hall–Kier alpha value is -2.08. The lowest BCUT2D eigenvalue weighted by Gasteiger charge is -2.13. The average Bonchev–Trinajstić information content (AvgIpc) is 3.09. The highest BCUT2D eigenvalue weighted by molar-refractivity contribution is 5.87. The summed E-state index contributed by atoms with van der Waals surface area (Å²) in [7, 11) is 1.37. The van der Waals surface area contributed by atoms with Gasteiger partial charge >= 0.3 is 5.97 Å². The first-order valence-corrected chi connectivity index (χ1v) is 6.23. The van der Waals surface area contributed by atoms with Crippen molar-refractivity contribution < 1.29 is 9.53 Å². The molecule has 2 aromatic rings. The van der Waals surface area contributed by atoms with Gasteiger partial charge in [-0.1, -0.05) is 6.92 Å². The summed E-state index contributed by atoms with van der Waals surface area (Å²) in [5.74, 6) is 0.562. The van der Waals surface area contributed by atoms with Crippen LogP contribution in [0.3, 0.4) is 0 Å². The van der Waals surface area contributed by atoms with E-state index < -0.39 is 0 Å². The van der Waals surface area contributed by atoms with Crippen LogP contribution >= 0.6 is 0 Å². The van der Waals surface area contributed by atoms with Gasteiger partial charge in [0, 0.05) is 24.6 Å². The van der Waals surface area contributed by atoms with E-state index in [0.717, 1.165) is 17.9 Å². The van der Waals surface area contributed by atoms with E-state index in [1.54, 1.807) is 12.3 Å². The molecule has 2 rings (SSSR count). The summed E-state index contributed by atoms with van der Waals surface area (Å²) in [5, 5.41) is 3.38. The summed E-state index contributed by atoms with van der Waals surface area (Å²) in [6.07, 6.45) is 4.48. The van der Waals surface area contributed by atoms with Gasteiger partial charge in [0.1, 0.15) is 11.5 Å². The van der Waals surface area contributed by atoms with E-state index in [2.05, 4.69) is 31.9 Å². The first-order valence-electron chi connectivity index (χ1n) is 6.23. The van der Waals surface area contributed by atoms with Crippen LogP contribution in [0.15, 0.2) is 24.5 Å². The molecular formula is C13H18N4O2. The number of nitrogens with one attached hydrogen (secondary N) is 3. The van der Waals surface area contributed by atoms with Crippen molar-refractivity contribution in [3.8, 4) is 0 Å². The topological polar surface area (TPSA) is 82.8 Å². The van der Waals surface area contributed by atoms with Crippen molar-refractivity contribution in [3.05, 3.63) is 41.7 Å². The van der Waals surface area contributed by atoms with Gasteiger partial charge in [-0.2, -0.15) is 0 Å². The van der Waals surface area contributed by atoms with Crippen molar-refractivity contribution in [2.75, 3.05) is 7.11 Å². The number of carbonyl (C=O) groups excluding carboxylic acids is 1. The molecule has 0 spiro atoms. The van der Waals surface area contributed by atoms with Crippen molar-refractivity contribution >= 4 is 5.97 Å². The highest BCUT2D eigenvalue weighted by Crippen LogP contribution is 2.12. The quantitative estimate of drug-likeness (QED) is 0.693. The molecule has 6 heteroatoms. The second kappa shape index (κ2) is 6.19. The highest BCUT2D eigenvalue weighted by Gasteiger charge is 2.12. The van der Waals surface area contributed by atoms with E-state index in [1.807, 2.05) is 12.3 Å². The number of aromatic amines is 2. The van der Waals surface area contributed by atoms with Crippen molar-refractivity contribution in [2.45, 2.75) is 25.9 Å². The Labute approximate surface area is 111 Å². The van der Waals surface area contributed by atoms with E-state index in [1.165, 1.54) is 7.11 Å². The smallest absolute Gasteiger partial charge is 0.354 e. The Kier molecular flexibility index (Phi) is 4.35. The molecule has 102 valence electrons. The van der Waals surface area contributed by atoms with Gasteiger partial charge in [-0.25, -0.2) is 9.78 Å². The standard InChI is InChI=1S/C13H18N4O2/c1-3-10(12-14-6-7-15-12)16-8-9-4-5-11(17-9)13(18)19-2/h4-7,10,16-17H,3,8H2,1-2H3,(H,14,15). The number of ether oxygens (including phenoxy) is 1. The summed E-state index contributed by atoms with van der Waals surface area (Å²) in [6, 6.07) is 3.75. The second-order valence-corrected chi connectivity index (χ2v) is 4.20. The van der Waals surface area contributed by atoms with Crippen LogP contribution in [0.2, 0.25) is 0 Å². The molecular weight excluding hydrogens is 244 g/mol. The monoisotopic (exact) mass is 262 g/mol. The number of imidazole rings is 1. The second-order valence-electron chi connectivity index (χ2n) is 4.20. The zero-order chi connectivity index (χ0) is 13.7. The van der Waals surface area contributed by atoms with Crippen LogP contribution in [-0.2, 0) is 11.3 Å². The van der Waals surface area contributed by atoms with Gasteiger partial charge in [0.15, 0.2) is 0 Å².